The Morgan fingerprint density at radius 1 is 1.39 bits per heavy atom. The molecule has 0 spiro atoms. The van der Waals surface area contributed by atoms with Crippen molar-refractivity contribution in [3.63, 3.8) is 0 Å². The average molecular weight is 249 g/mol. The standard InChI is InChI=1S/C15H23NO2/c1-10-4-5-14(11(2)6-10)15(17)7-13-9-18-8-12(3)16-13/h4-6,12-13,15-17H,7-9H2,1-3H3. The largest absolute Gasteiger partial charge is 0.388 e. The van der Waals surface area contributed by atoms with Gasteiger partial charge in [0.05, 0.1) is 19.3 Å². The van der Waals surface area contributed by atoms with E-state index in [1.807, 2.05) is 6.07 Å². The summed E-state index contributed by atoms with van der Waals surface area (Å²) in [6, 6.07) is 6.81. The molecule has 0 saturated carbocycles. The van der Waals surface area contributed by atoms with Gasteiger partial charge in [0.25, 0.3) is 0 Å². The normalized spacial score (nSPS) is 26.0. The summed E-state index contributed by atoms with van der Waals surface area (Å²) in [6.07, 6.45) is 0.283. The molecular formula is C15H23NO2. The van der Waals surface area contributed by atoms with Crippen LogP contribution in [-0.2, 0) is 4.74 Å². The lowest BCUT2D eigenvalue weighted by Gasteiger charge is -2.30. The number of hydrogen-bond acceptors (Lipinski definition) is 3. The number of aliphatic hydroxyl groups is 1. The molecule has 2 rings (SSSR count). The fourth-order valence-corrected chi connectivity index (χ4v) is 2.62. The van der Waals surface area contributed by atoms with Crippen LogP contribution in [0.2, 0.25) is 0 Å². The molecule has 3 atom stereocenters. The highest BCUT2D eigenvalue weighted by Gasteiger charge is 2.22. The molecule has 0 bridgehead atoms. The van der Waals surface area contributed by atoms with E-state index >= 15 is 0 Å². The highest BCUT2D eigenvalue weighted by molar-refractivity contribution is 5.32. The molecular weight excluding hydrogens is 226 g/mol. The lowest BCUT2D eigenvalue weighted by molar-refractivity contribution is 0.0303. The maximum absolute atomic E-state index is 10.3. The van der Waals surface area contributed by atoms with Gasteiger partial charge in [0.15, 0.2) is 0 Å². The fourth-order valence-electron chi connectivity index (χ4n) is 2.62. The first-order chi connectivity index (χ1) is 8.56. The average Bonchev–Trinajstić information content (AvgIpc) is 2.28. The van der Waals surface area contributed by atoms with Gasteiger partial charge in [-0.3, -0.25) is 0 Å². The van der Waals surface area contributed by atoms with E-state index in [0.29, 0.717) is 19.1 Å². The Morgan fingerprint density at radius 2 is 2.17 bits per heavy atom. The first kappa shape index (κ1) is 13.5. The number of aliphatic hydroxyl groups excluding tert-OH is 1. The van der Waals surface area contributed by atoms with Crippen LogP contribution in [-0.4, -0.2) is 30.4 Å². The molecule has 0 amide bonds. The molecule has 1 fully saturated rings. The highest BCUT2D eigenvalue weighted by atomic mass is 16.5. The summed E-state index contributed by atoms with van der Waals surface area (Å²) in [5.74, 6) is 0. The molecule has 1 saturated heterocycles. The second-order valence-corrected chi connectivity index (χ2v) is 5.41. The van der Waals surface area contributed by atoms with Gasteiger partial charge in [0.2, 0.25) is 0 Å². The summed E-state index contributed by atoms with van der Waals surface area (Å²) in [7, 11) is 0. The van der Waals surface area contributed by atoms with E-state index in [9.17, 15) is 5.11 Å². The quantitative estimate of drug-likeness (QED) is 0.862. The minimum atomic E-state index is -0.419. The maximum atomic E-state index is 10.3. The van der Waals surface area contributed by atoms with Crippen LogP contribution >= 0.6 is 0 Å². The van der Waals surface area contributed by atoms with Crippen molar-refractivity contribution in [2.24, 2.45) is 0 Å². The number of benzene rings is 1. The van der Waals surface area contributed by atoms with E-state index in [0.717, 1.165) is 17.7 Å². The third kappa shape index (κ3) is 3.31. The molecule has 3 nitrogen and oxygen atoms in total. The molecule has 18 heavy (non-hydrogen) atoms. The van der Waals surface area contributed by atoms with Gasteiger partial charge in [-0.05, 0) is 38.3 Å². The second kappa shape index (κ2) is 5.83. The van der Waals surface area contributed by atoms with Gasteiger partial charge in [0, 0.05) is 12.1 Å². The van der Waals surface area contributed by atoms with Crippen LogP contribution in [0.15, 0.2) is 18.2 Å². The molecule has 0 radical (unpaired) electrons. The maximum Gasteiger partial charge on any atom is 0.0808 e. The summed E-state index contributed by atoms with van der Waals surface area (Å²) in [4.78, 5) is 0. The number of rotatable bonds is 3. The summed E-state index contributed by atoms with van der Waals surface area (Å²) in [5.41, 5.74) is 3.42. The molecule has 1 aromatic carbocycles. The third-order valence-electron chi connectivity index (χ3n) is 3.50. The molecule has 3 heteroatoms. The molecule has 1 heterocycles. The highest BCUT2D eigenvalue weighted by Crippen LogP contribution is 2.23. The van der Waals surface area contributed by atoms with Crippen LogP contribution in [0.5, 0.6) is 0 Å². The van der Waals surface area contributed by atoms with Crippen molar-refractivity contribution >= 4 is 0 Å². The second-order valence-electron chi connectivity index (χ2n) is 5.41. The number of morpholine rings is 1. The zero-order valence-corrected chi connectivity index (χ0v) is 11.4. The van der Waals surface area contributed by atoms with Gasteiger partial charge in [-0.25, -0.2) is 0 Å². The van der Waals surface area contributed by atoms with Crippen molar-refractivity contribution in [2.75, 3.05) is 13.2 Å². The molecule has 100 valence electrons. The number of hydrogen-bond donors (Lipinski definition) is 2. The van der Waals surface area contributed by atoms with E-state index in [4.69, 9.17) is 4.74 Å². The van der Waals surface area contributed by atoms with Crippen molar-refractivity contribution < 1.29 is 9.84 Å². The Bertz CT molecular complexity index is 405. The Kier molecular flexibility index (Phi) is 4.38. The number of aryl methyl sites for hydroxylation is 2. The topological polar surface area (TPSA) is 41.5 Å². The lowest BCUT2D eigenvalue weighted by Crippen LogP contribution is -2.47. The Labute approximate surface area is 109 Å². The van der Waals surface area contributed by atoms with Crippen LogP contribution in [0.3, 0.4) is 0 Å². The van der Waals surface area contributed by atoms with Crippen molar-refractivity contribution in [3.05, 3.63) is 34.9 Å². The van der Waals surface area contributed by atoms with Crippen molar-refractivity contribution in [3.8, 4) is 0 Å². The summed E-state index contributed by atoms with van der Waals surface area (Å²) in [5, 5.41) is 13.8. The number of ether oxygens (including phenoxy) is 1. The molecule has 3 unspecified atom stereocenters. The van der Waals surface area contributed by atoms with Crippen molar-refractivity contribution in [1.29, 1.82) is 0 Å². The van der Waals surface area contributed by atoms with Gasteiger partial charge < -0.3 is 15.2 Å². The van der Waals surface area contributed by atoms with E-state index in [2.05, 4.69) is 38.2 Å². The third-order valence-corrected chi connectivity index (χ3v) is 3.50. The molecule has 1 aromatic rings. The smallest absolute Gasteiger partial charge is 0.0808 e. The SMILES string of the molecule is Cc1ccc(C(O)CC2COCC(C)N2)c(C)c1. The Hall–Kier alpha value is -0.900. The Morgan fingerprint density at radius 3 is 2.83 bits per heavy atom. The van der Waals surface area contributed by atoms with Crippen molar-refractivity contribution in [2.45, 2.75) is 45.4 Å². The van der Waals surface area contributed by atoms with Crippen molar-refractivity contribution in [1.82, 2.24) is 5.32 Å². The molecule has 1 aliphatic rings. The van der Waals surface area contributed by atoms with Crippen LogP contribution in [0, 0.1) is 13.8 Å². The van der Waals surface area contributed by atoms with Gasteiger partial charge in [-0.2, -0.15) is 0 Å². The zero-order valence-electron chi connectivity index (χ0n) is 11.4. The Balaban J connectivity index is 2.00. The van der Waals surface area contributed by atoms with E-state index < -0.39 is 6.10 Å². The summed E-state index contributed by atoms with van der Waals surface area (Å²) in [6.45, 7) is 7.68. The first-order valence-electron chi connectivity index (χ1n) is 6.65. The molecule has 0 aromatic heterocycles. The van der Waals surface area contributed by atoms with Crippen LogP contribution in [0.1, 0.15) is 36.1 Å². The van der Waals surface area contributed by atoms with Crippen LogP contribution in [0.25, 0.3) is 0 Å². The van der Waals surface area contributed by atoms with E-state index in [-0.39, 0.29) is 6.04 Å². The van der Waals surface area contributed by atoms with E-state index in [1.54, 1.807) is 0 Å². The molecule has 2 N–H and O–H groups in total. The van der Waals surface area contributed by atoms with Gasteiger partial charge in [0.1, 0.15) is 0 Å². The zero-order chi connectivity index (χ0) is 13.1. The fraction of sp³-hybridized carbons (Fsp3) is 0.600. The monoisotopic (exact) mass is 249 g/mol. The van der Waals surface area contributed by atoms with Gasteiger partial charge >= 0.3 is 0 Å². The predicted octanol–water partition coefficient (Wildman–Crippen LogP) is 2.10. The number of nitrogens with one attached hydrogen (secondary N) is 1. The van der Waals surface area contributed by atoms with Crippen LogP contribution < -0.4 is 5.32 Å². The minimum Gasteiger partial charge on any atom is -0.388 e. The van der Waals surface area contributed by atoms with Gasteiger partial charge in [-0.1, -0.05) is 23.8 Å². The first-order valence-corrected chi connectivity index (χ1v) is 6.65. The summed E-state index contributed by atoms with van der Waals surface area (Å²) >= 11 is 0. The molecule has 1 aliphatic heterocycles. The van der Waals surface area contributed by atoms with E-state index in [1.165, 1.54) is 5.56 Å². The van der Waals surface area contributed by atoms with Gasteiger partial charge in [-0.15, -0.1) is 0 Å². The van der Waals surface area contributed by atoms with Crippen LogP contribution in [0.4, 0.5) is 0 Å². The minimum absolute atomic E-state index is 0.240. The predicted molar refractivity (Wildman–Crippen MR) is 72.7 cm³/mol. The molecule has 0 aliphatic carbocycles. The lowest BCUT2D eigenvalue weighted by atomic mass is 9.96. The summed E-state index contributed by atoms with van der Waals surface area (Å²) < 4.78 is 5.51.